The molecule has 3 aromatic rings. The van der Waals surface area contributed by atoms with Gasteiger partial charge in [-0.15, -0.1) is 0 Å². The number of para-hydroxylation sites is 2. The standard InChI is InChI=1S/C19H18N2O3/c22-13-5-12-21-18(11-10-14-6-1-4-9-17(14)23)20-16-8-3-2-7-15(16)19(21)24/h1-4,6-11,22-23H,5,12-13H2. The van der Waals surface area contributed by atoms with E-state index in [0.29, 0.717) is 35.3 Å². The van der Waals surface area contributed by atoms with Crippen LogP contribution in [0.25, 0.3) is 23.1 Å². The molecule has 1 aromatic heterocycles. The number of benzene rings is 2. The number of phenolic OH excluding ortho intramolecular Hbond substituents is 1. The molecule has 0 radical (unpaired) electrons. The Morgan fingerprint density at radius 3 is 2.58 bits per heavy atom. The Bertz CT molecular complexity index is 945. The zero-order valence-electron chi connectivity index (χ0n) is 13.1. The minimum atomic E-state index is -0.133. The summed E-state index contributed by atoms with van der Waals surface area (Å²) in [5, 5.41) is 19.5. The lowest BCUT2D eigenvalue weighted by atomic mass is 10.2. The largest absolute Gasteiger partial charge is 0.507 e. The number of fused-ring (bicyclic) bond motifs is 1. The monoisotopic (exact) mass is 322 g/mol. The van der Waals surface area contributed by atoms with Gasteiger partial charge in [0.1, 0.15) is 11.6 Å². The molecule has 2 N–H and O–H groups in total. The van der Waals surface area contributed by atoms with Crippen molar-refractivity contribution in [2.24, 2.45) is 0 Å². The van der Waals surface area contributed by atoms with Crippen molar-refractivity contribution in [2.75, 3.05) is 6.61 Å². The van der Waals surface area contributed by atoms with Crippen LogP contribution in [0.15, 0.2) is 53.3 Å². The first-order chi connectivity index (χ1) is 11.7. The molecule has 3 rings (SSSR count). The van der Waals surface area contributed by atoms with Gasteiger partial charge in [-0.2, -0.15) is 0 Å². The third-order valence-electron chi connectivity index (χ3n) is 3.78. The lowest BCUT2D eigenvalue weighted by Crippen LogP contribution is -2.24. The molecule has 2 aromatic carbocycles. The molecular formula is C19H18N2O3. The van der Waals surface area contributed by atoms with Crippen LogP contribution in [0.3, 0.4) is 0 Å². The van der Waals surface area contributed by atoms with Crippen LogP contribution in [0.1, 0.15) is 17.8 Å². The maximum Gasteiger partial charge on any atom is 0.261 e. The quantitative estimate of drug-likeness (QED) is 0.757. The van der Waals surface area contributed by atoms with Crippen molar-refractivity contribution in [3.63, 3.8) is 0 Å². The van der Waals surface area contributed by atoms with E-state index in [1.165, 1.54) is 0 Å². The summed E-state index contributed by atoms with van der Waals surface area (Å²) in [6.07, 6.45) is 3.90. The van der Waals surface area contributed by atoms with Gasteiger partial charge < -0.3 is 10.2 Å². The summed E-state index contributed by atoms with van der Waals surface area (Å²) in [6.45, 7) is 0.384. The van der Waals surface area contributed by atoms with Crippen LogP contribution in [-0.4, -0.2) is 26.4 Å². The number of rotatable bonds is 5. The molecule has 0 unspecified atom stereocenters. The summed E-state index contributed by atoms with van der Waals surface area (Å²) in [6, 6.07) is 14.1. The fraction of sp³-hybridized carbons (Fsp3) is 0.158. The molecule has 0 bridgehead atoms. The normalized spacial score (nSPS) is 11.4. The highest BCUT2D eigenvalue weighted by Gasteiger charge is 2.08. The van der Waals surface area contributed by atoms with Crippen molar-refractivity contribution >= 4 is 23.1 Å². The summed E-state index contributed by atoms with van der Waals surface area (Å²) >= 11 is 0. The van der Waals surface area contributed by atoms with Gasteiger partial charge in [-0.25, -0.2) is 4.98 Å². The van der Waals surface area contributed by atoms with E-state index in [0.717, 1.165) is 0 Å². The smallest absolute Gasteiger partial charge is 0.261 e. The van der Waals surface area contributed by atoms with Crippen molar-refractivity contribution in [1.82, 2.24) is 9.55 Å². The molecule has 0 spiro atoms. The van der Waals surface area contributed by atoms with Gasteiger partial charge in [0.25, 0.3) is 5.56 Å². The second-order valence-electron chi connectivity index (χ2n) is 5.41. The highest BCUT2D eigenvalue weighted by Crippen LogP contribution is 2.18. The van der Waals surface area contributed by atoms with Crippen molar-refractivity contribution < 1.29 is 10.2 Å². The lowest BCUT2D eigenvalue weighted by Gasteiger charge is -2.10. The first kappa shape index (κ1) is 16.0. The van der Waals surface area contributed by atoms with Gasteiger partial charge in [-0.1, -0.05) is 30.3 Å². The summed E-state index contributed by atoms with van der Waals surface area (Å²) in [7, 11) is 0. The molecule has 0 aliphatic rings. The molecular weight excluding hydrogens is 304 g/mol. The highest BCUT2D eigenvalue weighted by molar-refractivity contribution is 5.79. The number of aromatic hydroxyl groups is 1. The summed E-state index contributed by atoms with van der Waals surface area (Å²) in [5.41, 5.74) is 1.14. The Morgan fingerprint density at radius 2 is 1.79 bits per heavy atom. The molecule has 0 aliphatic heterocycles. The second kappa shape index (κ2) is 7.10. The predicted molar refractivity (Wildman–Crippen MR) is 94.7 cm³/mol. The van der Waals surface area contributed by atoms with E-state index in [9.17, 15) is 9.90 Å². The molecule has 24 heavy (non-hydrogen) atoms. The molecule has 5 heteroatoms. The van der Waals surface area contributed by atoms with E-state index >= 15 is 0 Å². The Kier molecular flexibility index (Phi) is 4.72. The van der Waals surface area contributed by atoms with Crippen molar-refractivity contribution in [1.29, 1.82) is 0 Å². The first-order valence-electron chi connectivity index (χ1n) is 7.77. The molecule has 122 valence electrons. The minimum absolute atomic E-state index is 0.00188. The second-order valence-corrected chi connectivity index (χ2v) is 5.41. The summed E-state index contributed by atoms with van der Waals surface area (Å²) < 4.78 is 1.55. The summed E-state index contributed by atoms with van der Waals surface area (Å²) in [5.74, 6) is 0.661. The van der Waals surface area contributed by atoms with Gasteiger partial charge in [0.05, 0.1) is 10.9 Å². The Morgan fingerprint density at radius 1 is 1.04 bits per heavy atom. The molecule has 0 amide bonds. The van der Waals surface area contributed by atoms with E-state index in [4.69, 9.17) is 5.11 Å². The fourth-order valence-electron chi connectivity index (χ4n) is 2.55. The molecule has 5 nitrogen and oxygen atoms in total. The average Bonchev–Trinajstić information content (AvgIpc) is 2.60. The van der Waals surface area contributed by atoms with Crippen molar-refractivity contribution in [3.05, 3.63) is 70.3 Å². The molecule has 0 atom stereocenters. The number of aromatic nitrogens is 2. The van der Waals surface area contributed by atoms with E-state index < -0.39 is 0 Å². The van der Waals surface area contributed by atoms with Gasteiger partial charge in [-0.05, 0) is 36.8 Å². The number of phenols is 1. The number of aliphatic hydroxyl groups excluding tert-OH is 1. The predicted octanol–water partition coefficient (Wildman–Crippen LogP) is 2.65. The molecule has 0 fully saturated rings. The zero-order chi connectivity index (χ0) is 16.9. The Hall–Kier alpha value is -2.92. The third-order valence-corrected chi connectivity index (χ3v) is 3.78. The number of hydrogen-bond donors (Lipinski definition) is 2. The molecule has 0 aliphatic carbocycles. The molecule has 0 saturated carbocycles. The fourth-order valence-corrected chi connectivity index (χ4v) is 2.55. The van der Waals surface area contributed by atoms with E-state index in [-0.39, 0.29) is 17.9 Å². The molecule has 0 saturated heterocycles. The van der Waals surface area contributed by atoms with Crippen LogP contribution < -0.4 is 5.56 Å². The van der Waals surface area contributed by atoms with Gasteiger partial charge in [0.15, 0.2) is 0 Å². The van der Waals surface area contributed by atoms with Crippen LogP contribution in [0, 0.1) is 0 Å². The van der Waals surface area contributed by atoms with Crippen LogP contribution in [0.2, 0.25) is 0 Å². The van der Waals surface area contributed by atoms with Gasteiger partial charge in [0.2, 0.25) is 0 Å². The van der Waals surface area contributed by atoms with Gasteiger partial charge in [0, 0.05) is 18.7 Å². The van der Waals surface area contributed by atoms with Crippen LogP contribution in [0.4, 0.5) is 0 Å². The van der Waals surface area contributed by atoms with Crippen LogP contribution >= 0.6 is 0 Å². The van der Waals surface area contributed by atoms with Crippen LogP contribution in [0.5, 0.6) is 5.75 Å². The number of hydrogen-bond acceptors (Lipinski definition) is 4. The highest BCUT2D eigenvalue weighted by atomic mass is 16.3. The number of nitrogens with zero attached hydrogens (tertiary/aromatic N) is 2. The third kappa shape index (κ3) is 3.21. The Labute approximate surface area is 139 Å². The average molecular weight is 322 g/mol. The minimum Gasteiger partial charge on any atom is -0.507 e. The van der Waals surface area contributed by atoms with E-state index in [1.54, 1.807) is 53.1 Å². The first-order valence-corrected chi connectivity index (χ1v) is 7.77. The zero-order valence-corrected chi connectivity index (χ0v) is 13.1. The Balaban J connectivity index is 2.11. The van der Waals surface area contributed by atoms with Crippen molar-refractivity contribution in [3.8, 4) is 5.75 Å². The van der Waals surface area contributed by atoms with E-state index in [2.05, 4.69) is 4.98 Å². The SMILES string of the molecule is O=c1c2ccccc2nc(C=Cc2ccccc2O)n1CCCO. The van der Waals surface area contributed by atoms with E-state index in [1.807, 2.05) is 12.1 Å². The lowest BCUT2D eigenvalue weighted by molar-refractivity contribution is 0.278. The number of aliphatic hydroxyl groups is 1. The maximum absolute atomic E-state index is 12.7. The van der Waals surface area contributed by atoms with Crippen LogP contribution in [-0.2, 0) is 6.54 Å². The van der Waals surface area contributed by atoms with Gasteiger partial charge in [-0.3, -0.25) is 9.36 Å². The molecule has 1 heterocycles. The summed E-state index contributed by atoms with van der Waals surface area (Å²) in [4.78, 5) is 17.2. The topological polar surface area (TPSA) is 75.3 Å². The maximum atomic E-state index is 12.7. The van der Waals surface area contributed by atoms with Crippen molar-refractivity contribution in [2.45, 2.75) is 13.0 Å². The van der Waals surface area contributed by atoms with Gasteiger partial charge >= 0.3 is 0 Å².